The van der Waals surface area contributed by atoms with Crippen molar-refractivity contribution in [2.45, 2.75) is 12.8 Å². The fourth-order valence-electron chi connectivity index (χ4n) is 3.42. The summed E-state index contributed by atoms with van der Waals surface area (Å²) in [7, 11) is 1.34. The average Bonchev–Trinajstić information content (AvgIpc) is 3.48. The van der Waals surface area contributed by atoms with Crippen molar-refractivity contribution in [3.63, 3.8) is 0 Å². The van der Waals surface area contributed by atoms with Gasteiger partial charge in [0.15, 0.2) is 5.78 Å². The van der Waals surface area contributed by atoms with Crippen molar-refractivity contribution in [1.29, 1.82) is 0 Å². The third-order valence-corrected chi connectivity index (χ3v) is 5.12. The number of rotatable bonds is 7. The van der Waals surface area contributed by atoms with Crippen molar-refractivity contribution in [3.8, 4) is 28.1 Å². The monoisotopic (exact) mass is 415 g/mol. The zero-order valence-corrected chi connectivity index (χ0v) is 16.9. The Bertz CT molecular complexity index is 1190. The molecule has 0 aliphatic rings. The number of benzene rings is 2. The number of aromatic hydroxyl groups is 1. The molecule has 0 aliphatic carbocycles. The fourth-order valence-corrected chi connectivity index (χ4v) is 3.42. The Morgan fingerprint density at radius 3 is 2.39 bits per heavy atom. The topological polar surface area (TPSA) is 92.5 Å². The van der Waals surface area contributed by atoms with E-state index in [0.717, 1.165) is 27.9 Å². The molecule has 0 saturated carbocycles. The minimum Gasteiger partial charge on any atom is -0.508 e. The van der Waals surface area contributed by atoms with Gasteiger partial charge in [0.1, 0.15) is 5.75 Å². The summed E-state index contributed by atoms with van der Waals surface area (Å²) in [6.45, 7) is 0. The van der Waals surface area contributed by atoms with Gasteiger partial charge < -0.3 is 19.2 Å². The van der Waals surface area contributed by atoms with Crippen LogP contribution in [0.15, 0.2) is 77.6 Å². The molecule has 0 spiro atoms. The van der Waals surface area contributed by atoms with E-state index in [1.807, 2.05) is 24.3 Å². The number of ketones is 1. The van der Waals surface area contributed by atoms with E-state index in [2.05, 4.69) is 4.98 Å². The van der Waals surface area contributed by atoms with Gasteiger partial charge in [-0.3, -0.25) is 4.79 Å². The molecule has 156 valence electrons. The maximum absolute atomic E-state index is 13.1. The smallest absolute Gasteiger partial charge is 0.337 e. The second-order valence-corrected chi connectivity index (χ2v) is 7.14. The molecule has 4 rings (SSSR count). The molecule has 4 aromatic rings. The minimum absolute atomic E-state index is 0.0325. The second-order valence-electron chi connectivity index (χ2n) is 7.14. The highest BCUT2D eigenvalue weighted by Gasteiger charge is 2.18. The van der Waals surface area contributed by atoms with Gasteiger partial charge in [-0.05, 0) is 53.9 Å². The first-order chi connectivity index (χ1) is 15.0. The highest BCUT2D eigenvalue weighted by Crippen LogP contribution is 2.32. The molecule has 31 heavy (non-hydrogen) atoms. The Morgan fingerprint density at radius 1 is 1.00 bits per heavy atom. The van der Waals surface area contributed by atoms with E-state index in [1.54, 1.807) is 48.9 Å². The number of furan rings is 1. The van der Waals surface area contributed by atoms with Gasteiger partial charge in [0.25, 0.3) is 0 Å². The van der Waals surface area contributed by atoms with Gasteiger partial charge in [0.05, 0.1) is 30.9 Å². The quantitative estimate of drug-likeness (QED) is 0.318. The van der Waals surface area contributed by atoms with Crippen LogP contribution in [-0.2, 0) is 11.2 Å². The summed E-state index contributed by atoms with van der Waals surface area (Å²) < 4.78 is 9.88. The van der Waals surface area contributed by atoms with E-state index in [4.69, 9.17) is 9.15 Å². The molecule has 0 bridgehead atoms. The van der Waals surface area contributed by atoms with Crippen LogP contribution in [0.25, 0.3) is 22.4 Å². The lowest BCUT2D eigenvalue weighted by atomic mass is 9.99. The summed E-state index contributed by atoms with van der Waals surface area (Å²) in [6.07, 6.45) is 4.03. The molecule has 0 fully saturated rings. The largest absolute Gasteiger partial charge is 0.508 e. The number of carbonyl (C=O) groups is 2. The number of phenolic OH excluding ortho intramolecular Hbond substituents is 1. The summed E-state index contributed by atoms with van der Waals surface area (Å²) in [5.41, 5.74) is 5.15. The van der Waals surface area contributed by atoms with Crippen molar-refractivity contribution in [2.75, 3.05) is 7.11 Å². The van der Waals surface area contributed by atoms with Crippen molar-refractivity contribution < 1.29 is 23.8 Å². The van der Waals surface area contributed by atoms with E-state index in [0.29, 0.717) is 24.1 Å². The zero-order chi connectivity index (χ0) is 21.8. The highest BCUT2D eigenvalue weighted by molar-refractivity contribution is 6.02. The number of hydrogen-bond donors (Lipinski definition) is 2. The molecule has 2 aromatic carbocycles. The van der Waals surface area contributed by atoms with Gasteiger partial charge in [-0.25, -0.2) is 4.79 Å². The molecule has 0 atom stereocenters. The lowest BCUT2D eigenvalue weighted by molar-refractivity contribution is 0.0600. The SMILES string of the molecule is COC(=O)c1ccc(CCC(=O)c2[nH]c(-c3ccoc3)cc2-c2ccc(O)cc2)cc1. The number of aromatic nitrogens is 1. The third kappa shape index (κ3) is 4.43. The Kier molecular flexibility index (Phi) is 5.71. The molecule has 0 amide bonds. The Morgan fingerprint density at radius 2 is 1.74 bits per heavy atom. The highest BCUT2D eigenvalue weighted by atomic mass is 16.5. The van der Waals surface area contributed by atoms with Gasteiger partial charge in [-0.15, -0.1) is 0 Å². The summed E-state index contributed by atoms with van der Waals surface area (Å²) in [5, 5.41) is 9.60. The lowest BCUT2D eigenvalue weighted by Gasteiger charge is -2.06. The summed E-state index contributed by atoms with van der Waals surface area (Å²) >= 11 is 0. The molecule has 2 heterocycles. The number of aromatic amines is 1. The van der Waals surface area contributed by atoms with Crippen LogP contribution in [-0.4, -0.2) is 29.0 Å². The molecular weight excluding hydrogens is 394 g/mol. The number of esters is 1. The number of H-pyrrole nitrogens is 1. The maximum Gasteiger partial charge on any atom is 0.337 e. The van der Waals surface area contributed by atoms with Gasteiger partial charge >= 0.3 is 5.97 Å². The molecule has 0 saturated heterocycles. The number of nitrogens with one attached hydrogen (secondary N) is 1. The van der Waals surface area contributed by atoms with Crippen molar-refractivity contribution in [2.24, 2.45) is 0 Å². The van der Waals surface area contributed by atoms with E-state index in [-0.39, 0.29) is 17.5 Å². The van der Waals surface area contributed by atoms with Crippen LogP contribution in [0.3, 0.4) is 0 Å². The normalized spacial score (nSPS) is 10.7. The van der Waals surface area contributed by atoms with Crippen LogP contribution >= 0.6 is 0 Å². The van der Waals surface area contributed by atoms with Crippen LogP contribution in [0.4, 0.5) is 0 Å². The first-order valence-electron chi connectivity index (χ1n) is 9.80. The molecule has 0 radical (unpaired) electrons. The number of aryl methyl sites for hydroxylation is 1. The summed E-state index contributed by atoms with van der Waals surface area (Å²) in [5.74, 6) is -0.258. The lowest BCUT2D eigenvalue weighted by Crippen LogP contribution is -2.04. The third-order valence-electron chi connectivity index (χ3n) is 5.12. The Balaban J connectivity index is 1.58. The van der Waals surface area contributed by atoms with Crippen LogP contribution in [0, 0.1) is 0 Å². The Hall–Kier alpha value is -4.06. The van der Waals surface area contributed by atoms with E-state index >= 15 is 0 Å². The van der Waals surface area contributed by atoms with Gasteiger partial charge in [0, 0.05) is 23.2 Å². The van der Waals surface area contributed by atoms with Crippen LogP contribution < -0.4 is 0 Å². The van der Waals surface area contributed by atoms with Gasteiger partial charge in [-0.1, -0.05) is 24.3 Å². The van der Waals surface area contributed by atoms with Gasteiger partial charge in [-0.2, -0.15) is 0 Å². The van der Waals surface area contributed by atoms with Crippen LogP contribution in [0.2, 0.25) is 0 Å². The van der Waals surface area contributed by atoms with Gasteiger partial charge in [0.2, 0.25) is 0 Å². The van der Waals surface area contributed by atoms with Crippen molar-refractivity contribution in [3.05, 3.63) is 90.0 Å². The number of hydrogen-bond acceptors (Lipinski definition) is 5. The summed E-state index contributed by atoms with van der Waals surface area (Å²) in [6, 6.07) is 17.5. The number of ether oxygens (including phenoxy) is 1. The van der Waals surface area contributed by atoms with E-state index in [1.165, 1.54) is 7.11 Å². The predicted octanol–water partition coefficient (Wildman–Crippen LogP) is 5.25. The standard InChI is InChI=1S/C25H21NO5/c1-30-25(29)18-5-2-16(3-6-18)4-11-23(28)24-21(17-7-9-20(27)10-8-17)14-22(26-24)19-12-13-31-15-19/h2-3,5-10,12-15,26-27H,4,11H2,1H3. The first-order valence-corrected chi connectivity index (χ1v) is 9.80. The number of carbonyl (C=O) groups excluding carboxylic acids is 2. The minimum atomic E-state index is -0.390. The fraction of sp³-hybridized carbons (Fsp3) is 0.120. The number of methoxy groups -OCH3 is 1. The molecule has 6 nitrogen and oxygen atoms in total. The number of phenols is 1. The molecule has 2 N–H and O–H groups in total. The Labute approximate surface area is 179 Å². The molecule has 6 heteroatoms. The average molecular weight is 415 g/mol. The zero-order valence-electron chi connectivity index (χ0n) is 16.9. The molecular formula is C25H21NO5. The van der Waals surface area contributed by atoms with E-state index < -0.39 is 0 Å². The molecule has 0 aliphatic heterocycles. The molecule has 0 unspecified atom stereocenters. The van der Waals surface area contributed by atoms with Crippen LogP contribution in [0.1, 0.15) is 32.8 Å². The molecule has 2 aromatic heterocycles. The maximum atomic E-state index is 13.1. The van der Waals surface area contributed by atoms with E-state index in [9.17, 15) is 14.7 Å². The van der Waals surface area contributed by atoms with Crippen molar-refractivity contribution in [1.82, 2.24) is 4.98 Å². The predicted molar refractivity (Wildman–Crippen MR) is 116 cm³/mol. The number of Topliss-reactive ketones (excluding diaryl/α,β-unsaturated/α-hetero) is 1. The van der Waals surface area contributed by atoms with Crippen molar-refractivity contribution >= 4 is 11.8 Å². The first kappa shape index (κ1) is 20.2. The second kappa shape index (κ2) is 8.75. The summed E-state index contributed by atoms with van der Waals surface area (Å²) in [4.78, 5) is 27.9. The van der Waals surface area contributed by atoms with Crippen LogP contribution in [0.5, 0.6) is 5.75 Å².